The molecule has 1 unspecified atom stereocenters. The number of nitrogens with zero attached hydrogens (tertiary/aromatic N) is 3. The molecule has 6 heteroatoms. The van der Waals surface area contributed by atoms with Crippen molar-refractivity contribution in [2.24, 2.45) is 0 Å². The summed E-state index contributed by atoms with van der Waals surface area (Å²) in [4.78, 5) is 25.6. The summed E-state index contributed by atoms with van der Waals surface area (Å²) in [6.07, 6.45) is 2.89. The minimum Gasteiger partial charge on any atom is -0.344 e. The van der Waals surface area contributed by atoms with E-state index in [2.05, 4.69) is 24.3 Å². The van der Waals surface area contributed by atoms with Crippen LogP contribution in [0, 0.1) is 0 Å². The summed E-state index contributed by atoms with van der Waals surface area (Å²) in [6, 6.07) is 1.82. The van der Waals surface area contributed by atoms with Crippen molar-refractivity contribution in [2.75, 3.05) is 6.54 Å². The molecule has 1 aliphatic heterocycles. The zero-order valence-electron chi connectivity index (χ0n) is 12.3. The Balaban J connectivity index is 2.09. The van der Waals surface area contributed by atoms with Crippen molar-refractivity contribution in [3.8, 4) is 0 Å². The normalized spacial score (nSPS) is 20.2. The van der Waals surface area contributed by atoms with Gasteiger partial charge in [-0.1, -0.05) is 6.92 Å². The summed E-state index contributed by atoms with van der Waals surface area (Å²) >= 11 is 0. The van der Waals surface area contributed by atoms with Gasteiger partial charge in [0.05, 0.1) is 12.2 Å². The van der Waals surface area contributed by atoms with Crippen LogP contribution in [0.5, 0.6) is 0 Å². The molecule has 0 bridgehead atoms. The lowest BCUT2D eigenvalue weighted by Gasteiger charge is -2.22. The average molecular weight is 278 g/mol. The van der Waals surface area contributed by atoms with E-state index in [0.717, 1.165) is 5.69 Å². The Hall–Kier alpha value is -1.85. The fourth-order valence-electron chi connectivity index (χ4n) is 2.27. The molecule has 2 amide bonds. The Kier molecular flexibility index (Phi) is 4.42. The number of carbonyl (C=O) groups excluding carboxylic acids is 2. The molecule has 1 saturated heterocycles. The lowest BCUT2D eigenvalue weighted by atomic mass is 10.2. The fourth-order valence-corrected chi connectivity index (χ4v) is 2.27. The monoisotopic (exact) mass is 278 g/mol. The summed E-state index contributed by atoms with van der Waals surface area (Å²) in [7, 11) is 0. The third-order valence-corrected chi connectivity index (χ3v) is 3.51. The first kappa shape index (κ1) is 14.6. The minimum atomic E-state index is -0.405. The standard InChI is InChI=1S/C14H22N4O2/c1-4-12-14(20)17(7-6-13(19)15-12)9-11-5-8-18(16-11)10(2)3/h5,8,10,12H,4,6-7,9H2,1-3H3,(H,15,19). The van der Waals surface area contributed by atoms with Crippen molar-refractivity contribution in [3.05, 3.63) is 18.0 Å². The van der Waals surface area contributed by atoms with Crippen molar-refractivity contribution in [1.82, 2.24) is 20.0 Å². The highest BCUT2D eigenvalue weighted by molar-refractivity contribution is 5.89. The van der Waals surface area contributed by atoms with Gasteiger partial charge in [-0.2, -0.15) is 5.10 Å². The van der Waals surface area contributed by atoms with Gasteiger partial charge >= 0.3 is 0 Å². The summed E-state index contributed by atoms with van der Waals surface area (Å²) in [5.41, 5.74) is 0.858. The Morgan fingerprint density at radius 1 is 1.45 bits per heavy atom. The van der Waals surface area contributed by atoms with Crippen LogP contribution in [0.2, 0.25) is 0 Å². The first-order valence-corrected chi connectivity index (χ1v) is 7.13. The second kappa shape index (κ2) is 6.07. The molecule has 1 aliphatic rings. The largest absolute Gasteiger partial charge is 0.344 e. The van der Waals surface area contributed by atoms with Crippen molar-refractivity contribution in [2.45, 2.75) is 52.2 Å². The highest BCUT2D eigenvalue weighted by Crippen LogP contribution is 2.12. The van der Waals surface area contributed by atoms with E-state index in [-0.39, 0.29) is 11.8 Å². The van der Waals surface area contributed by atoms with E-state index in [4.69, 9.17) is 0 Å². The van der Waals surface area contributed by atoms with Gasteiger partial charge in [0.1, 0.15) is 6.04 Å². The maximum absolute atomic E-state index is 12.3. The summed E-state index contributed by atoms with van der Waals surface area (Å²) < 4.78 is 1.87. The molecule has 1 aromatic rings. The molecule has 0 aliphatic carbocycles. The van der Waals surface area contributed by atoms with E-state index in [1.165, 1.54) is 0 Å². The average Bonchev–Trinajstić information content (AvgIpc) is 2.83. The van der Waals surface area contributed by atoms with Gasteiger partial charge in [0.15, 0.2) is 0 Å². The van der Waals surface area contributed by atoms with Crippen LogP contribution in [0.15, 0.2) is 12.3 Å². The van der Waals surface area contributed by atoms with Crippen LogP contribution in [0.25, 0.3) is 0 Å². The Bertz CT molecular complexity index is 495. The zero-order valence-corrected chi connectivity index (χ0v) is 12.3. The van der Waals surface area contributed by atoms with Gasteiger partial charge in [-0.25, -0.2) is 0 Å². The molecule has 2 heterocycles. The van der Waals surface area contributed by atoms with E-state index >= 15 is 0 Å². The molecule has 0 aromatic carbocycles. The lowest BCUT2D eigenvalue weighted by Crippen LogP contribution is -2.43. The van der Waals surface area contributed by atoms with E-state index in [1.807, 2.05) is 23.9 Å². The van der Waals surface area contributed by atoms with Gasteiger partial charge in [-0.3, -0.25) is 14.3 Å². The van der Waals surface area contributed by atoms with E-state index in [9.17, 15) is 9.59 Å². The van der Waals surface area contributed by atoms with Crippen molar-refractivity contribution in [1.29, 1.82) is 0 Å². The van der Waals surface area contributed by atoms with Gasteiger partial charge in [0, 0.05) is 25.2 Å². The topological polar surface area (TPSA) is 67.2 Å². The molecular weight excluding hydrogens is 256 g/mol. The summed E-state index contributed by atoms with van der Waals surface area (Å²) in [5, 5.41) is 7.22. The first-order chi connectivity index (χ1) is 9.51. The maximum Gasteiger partial charge on any atom is 0.245 e. The van der Waals surface area contributed by atoms with Gasteiger partial charge in [0.2, 0.25) is 11.8 Å². The Labute approximate surface area is 119 Å². The van der Waals surface area contributed by atoms with Crippen LogP contribution in [0.1, 0.15) is 45.3 Å². The third kappa shape index (κ3) is 3.18. The number of rotatable bonds is 4. The smallest absolute Gasteiger partial charge is 0.245 e. The van der Waals surface area contributed by atoms with Crippen LogP contribution < -0.4 is 5.32 Å². The van der Waals surface area contributed by atoms with Gasteiger partial charge in [-0.05, 0) is 26.3 Å². The summed E-state index contributed by atoms with van der Waals surface area (Å²) in [5.74, 6) is -0.0714. The minimum absolute atomic E-state index is 0.0163. The number of amides is 2. The Morgan fingerprint density at radius 3 is 2.80 bits per heavy atom. The van der Waals surface area contributed by atoms with Crippen molar-refractivity contribution < 1.29 is 9.59 Å². The van der Waals surface area contributed by atoms with E-state index in [0.29, 0.717) is 32.0 Å². The molecule has 1 aromatic heterocycles. The fraction of sp³-hybridized carbons (Fsp3) is 0.643. The second-order valence-corrected chi connectivity index (χ2v) is 5.42. The molecule has 1 N–H and O–H groups in total. The zero-order chi connectivity index (χ0) is 14.7. The molecule has 1 atom stereocenters. The predicted octanol–water partition coefficient (Wildman–Crippen LogP) is 1.09. The molecule has 20 heavy (non-hydrogen) atoms. The molecule has 2 rings (SSSR count). The number of aromatic nitrogens is 2. The molecule has 1 fully saturated rings. The predicted molar refractivity (Wildman–Crippen MR) is 74.9 cm³/mol. The highest BCUT2D eigenvalue weighted by Gasteiger charge is 2.28. The third-order valence-electron chi connectivity index (χ3n) is 3.51. The first-order valence-electron chi connectivity index (χ1n) is 7.13. The molecule has 6 nitrogen and oxygen atoms in total. The maximum atomic E-state index is 12.3. The van der Waals surface area contributed by atoms with Crippen molar-refractivity contribution in [3.63, 3.8) is 0 Å². The number of nitrogens with one attached hydrogen (secondary N) is 1. The van der Waals surface area contributed by atoms with Crippen LogP contribution in [-0.2, 0) is 16.1 Å². The molecule has 0 saturated carbocycles. The molecule has 0 radical (unpaired) electrons. The number of hydrogen-bond donors (Lipinski definition) is 1. The van der Waals surface area contributed by atoms with Crippen LogP contribution in [-0.4, -0.2) is 39.1 Å². The van der Waals surface area contributed by atoms with Gasteiger partial charge < -0.3 is 10.2 Å². The van der Waals surface area contributed by atoms with E-state index < -0.39 is 6.04 Å². The second-order valence-electron chi connectivity index (χ2n) is 5.42. The molecule has 0 spiro atoms. The number of hydrogen-bond acceptors (Lipinski definition) is 3. The van der Waals surface area contributed by atoms with Gasteiger partial charge in [0.25, 0.3) is 0 Å². The van der Waals surface area contributed by atoms with Crippen LogP contribution >= 0.6 is 0 Å². The number of carbonyl (C=O) groups is 2. The lowest BCUT2D eigenvalue weighted by molar-refractivity contribution is -0.134. The highest BCUT2D eigenvalue weighted by atomic mass is 16.2. The quantitative estimate of drug-likeness (QED) is 0.896. The summed E-state index contributed by atoms with van der Waals surface area (Å²) in [6.45, 7) is 6.94. The van der Waals surface area contributed by atoms with Gasteiger partial charge in [-0.15, -0.1) is 0 Å². The Morgan fingerprint density at radius 2 is 2.20 bits per heavy atom. The molecular formula is C14H22N4O2. The van der Waals surface area contributed by atoms with Crippen LogP contribution in [0.3, 0.4) is 0 Å². The van der Waals surface area contributed by atoms with Crippen molar-refractivity contribution >= 4 is 11.8 Å². The van der Waals surface area contributed by atoms with E-state index in [1.54, 1.807) is 4.90 Å². The SMILES string of the molecule is CCC1NC(=O)CCN(Cc2ccn(C(C)C)n2)C1=O. The molecule has 110 valence electrons. The van der Waals surface area contributed by atoms with Crippen LogP contribution in [0.4, 0.5) is 0 Å².